The predicted octanol–water partition coefficient (Wildman–Crippen LogP) is 0.143. The molecule has 1 saturated heterocycles. The molecule has 9 heteroatoms. The summed E-state index contributed by atoms with van der Waals surface area (Å²) in [6, 6.07) is 1.01. The van der Waals surface area contributed by atoms with Gasteiger partial charge in [0.25, 0.3) is 5.91 Å². The second kappa shape index (κ2) is 6.78. The zero-order valence-electron chi connectivity index (χ0n) is 13.3. The van der Waals surface area contributed by atoms with Crippen molar-refractivity contribution in [3.8, 4) is 6.07 Å². The molecule has 2 rings (SSSR count). The van der Waals surface area contributed by atoms with E-state index in [4.69, 9.17) is 15.4 Å². The zero-order valence-corrected chi connectivity index (χ0v) is 13.3. The molecular weight excluding hydrogens is 316 g/mol. The number of carbonyl (C=O) groups excluding carboxylic acids is 4. The average molecular weight is 334 g/mol. The highest BCUT2D eigenvalue weighted by atomic mass is 16.5. The maximum atomic E-state index is 12.4. The Bertz CT molecular complexity index is 645. The number of amides is 3. The van der Waals surface area contributed by atoms with Crippen LogP contribution in [0.1, 0.15) is 32.6 Å². The van der Waals surface area contributed by atoms with Crippen molar-refractivity contribution in [1.82, 2.24) is 10.2 Å². The molecule has 3 amide bonds. The Labute approximate surface area is 138 Å². The van der Waals surface area contributed by atoms with Gasteiger partial charge in [-0.05, 0) is 19.8 Å². The lowest BCUT2D eigenvalue weighted by Gasteiger charge is -2.19. The molecule has 1 heterocycles. The molecule has 128 valence electrons. The van der Waals surface area contributed by atoms with Gasteiger partial charge in [0, 0.05) is 5.71 Å². The number of urea groups is 1. The molecule has 1 aliphatic carbocycles. The molecule has 2 N–H and O–H groups in total. The highest BCUT2D eigenvalue weighted by Crippen LogP contribution is 2.34. The van der Waals surface area contributed by atoms with Crippen molar-refractivity contribution in [1.29, 1.82) is 10.7 Å². The standard InChI is InChI=1S/C15H18N4O5/c1-9(17)10(6-16)11(20)8-24-12(21)7-19-13(22)15(18-14(19)23)4-2-3-5-15/h10,17H,2-5,7-8H2,1H3,(H,18,23). The molecule has 1 unspecified atom stereocenters. The van der Waals surface area contributed by atoms with E-state index in [0.29, 0.717) is 12.8 Å². The van der Waals surface area contributed by atoms with Crippen LogP contribution < -0.4 is 5.32 Å². The van der Waals surface area contributed by atoms with E-state index >= 15 is 0 Å². The Morgan fingerprint density at radius 2 is 2.04 bits per heavy atom. The fourth-order valence-electron chi connectivity index (χ4n) is 2.96. The lowest BCUT2D eigenvalue weighted by molar-refractivity contribution is -0.150. The summed E-state index contributed by atoms with van der Waals surface area (Å²) in [5.74, 6) is -3.35. The number of nitrogens with one attached hydrogen (secondary N) is 2. The Morgan fingerprint density at radius 3 is 2.58 bits per heavy atom. The molecule has 0 aromatic rings. The second-order valence-corrected chi connectivity index (χ2v) is 5.98. The Morgan fingerprint density at radius 1 is 1.42 bits per heavy atom. The number of ether oxygens (including phenoxy) is 1. The predicted molar refractivity (Wildman–Crippen MR) is 79.9 cm³/mol. The number of hydrogen-bond donors (Lipinski definition) is 2. The number of carbonyl (C=O) groups is 4. The first kappa shape index (κ1) is 17.6. The number of nitriles is 1. The highest BCUT2D eigenvalue weighted by Gasteiger charge is 2.52. The normalized spacial score (nSPS) is 19.8. The Kier molecular flexibility index (Phi) is 4.97. The fraction of sp³-hybridized carbons (Fsp3) is 0.600. The van der Waals surface area contributed by atoms with Crippen molar-refractivity contribution in [3.05, 3.63) is 0 Å². The maximum absolute atomic E-state index is 12.4. The first-order valence-electron chi connectivity index (χ1n) is 7.58. The zero-order chi connectivity index (χ0) is 17.9. The van der Waals surface area contributed by atoms with Crippen LogP contribution in [0.3, 0.4) is 0 Å². The van der Waals surface area contributed by atoms with E-state index < -0.39 is 48.3 Å². The third kappa shape index (κ3) is 3.27. The van der Waals surface area contributed by atoms with Gasteiger partial charge in [-0.15, -0.1) is 0 Å². The van der Waals surface area contributed by atoms with Crippen LogP contribution in [0.2, 0.25) is 0 Å². The van der Waals surface area contributed by atoms with Crippen LogP contribution in [-0.4, -0.2) is 53.0 Å². The molecule has 0 aromatic heterocycles. The van der Waals surface area contributed by atoms with Crippen molar-refractivity contribution in [2.75, 3.05) is 13.2 Å². The minimum atomic E-state index is -1.27. The van der Waals surface area contributed by atoms with Crippen LogP contribution in [0, 0.1) is 22.7 Å². The van der Waals surface area contributed by atoms with Gasteiger partial charge >= 0.3 is 12.0 Å². The number of nitrogens with zero attached hydrogens (tertiary/aromatic N) is 2. The lowest BCUT2D eigenvalue weighted by Crippen LogP contribution is -2.44. The summed E-state index contributed by atoms with van der Waals surface area (Å²) < 4.78 is 4.74. The molecule has 2 aliphatic rings. The molecule has 1 spiro atoms. The van der Waals surface area contributed by atoms with E-state index in [1.165, 1.54) is 6.92 Å². The first-order valence-corrected chi connectivity index (χ1v) is 7.58. The lowest BCUT2D eigenvalue weighted by atomic mass is 9.98. The number of Topliss-reactive ketones (excluding diaryl/α,β-unsaturated/α-hetero) is 1. The molecule has 1 atom stereocenters. The van der Waals surface area contributed by atoms with Crippen LogP contribution in [0.4, 0.5) is 4.79 Å². The SMILES string of the molecule is CC(=N)C(C#N)C(=O)COC(=O)CN1C(=O)NC2(CCCC2)C1=O. The Balaban J connectivity index is 1.90. The molecule has 0 bridgehead atoms. The summed E-state index contributed by atoms with van der Waals surface area (Å²) in [6.07, 6.45) is 2.75. The van der Waals surface area contributed by atoms with Gasteiger partial charge in [0.1, 0.15) is 18.0 Å². The number of imide groups is 1. The van der Waals surface area contributed by atoms with Gasteiger partial charge in [-0.2, -0.15) is 5.26 Å². The highest BCUT2D eigenvalue weighted by molar-refractivity contribution is 6.09. The van der Waals surface area contributed by atoms with E-state index in [2.05, 4.69) is 5.32 Å². The minimum absolute atomic E-state index is 0.143. The summed E-state index contributed by atoms with van der Waals surface area (Å²) in [7, 11) is 0. The van der Waals surface area contributed by atoms with Gasteiger partial charge in [-0.1, -0.05) is 12.8 Å². The fourth-order valence-corrected chi connectivity index (χ4v) is 2.96. The van der Waals surface area contributed by atoms with E-state index in [9.17, 15) is 19.2 Å². The minimum Gasteiger partial charge on any atom is -0.456 e. The van der Waals surface area contributed by atoms with Crippen molar-refractivity contribution < 1.29 is 23.9 Å². The number of ketones is 1. The molecule has 0 radical (unpaired) electrons. The van der Waals surface area contributed by atoms with Gasteiger partial charge in [0.05, 0.1) is 6.07 Å². The second-order valence-electron chi connectivity index (χ2n) is 5.98. The van der Waals surface area contributed by atoms with E-state index in [1.807, 2.05) is 0 Å². The molecule has 24 heavy (non-hydrogen) atoms. The third-order valence-corrected chi connectivity index (χ3v) is 4.25. The molecule has 1 aliphatic heterocycles. The maximum Gasteiger partial charge on any atom is 0.326 e. The van der Waals surface area contributed by atoms with Gasteiger partial charge < -0.3 is 15.5 Å². The molecular formula is C15H18N4O5. The smallest absolute Gasteiger partial charge is 0.326 e. The monoisotopic (exact) mass is 334 g/mol. The van der Waals surface area contributed by atoms with Crippen molar-refractivity contribution in [2.45, 2.75) is 38.1 Å². The van der Waals surface area contributed by atoms with Crippen LogP contribution >= 0.6 is 0 Å². The van der Waals surface area contributed by atoms with Gasteiger partial charge in [0.15, 0.2) is 12.4 Å². The van der Waals surface area contributed by atoms with Crippen molar-refractivity contribution in [3.63, 3.8) is 0 Å². The van der Waals surface area contributed by atoms with Gasteiger partial charge in [-0.25, -0.2) is 4.79 Å². The summed E-state index contributed by atoms with van der Waals surface area (Å²) in [6.45, 7) is 0.0461. The summed E-state index contributed by atoms with van der Waals surface area (Å²) in [4.78, 5) is 48.5. The molecule has 1 saturated carbocycles. The van der Waals surface area contributed by atoms with E-state index in [0.717, 1.165) is 17.7 Å². The number of esters is 1. The van der Waals surface area contributed by atoms with Gasteiger partial charge in [0.2, 0.25) is 0 Å². The van der Waals surface area contributed by atoms with E-state index in [1.54, 1.807) is 6.07 Å². The van der Waals surface area contributed by atoms with Crippen molar-refractivity contribution >= 4 is 29.4 Å². The molecule has 0 aromatic carbocycles. The summed E-state index contributed by atoms with van der Waals surface area (Å²) in [5, 5.41) is 18.7. The summed E-state index contributed by atoms with van der Waals surface area (Å²) in [5.41, 5.74) is -1.05. The third-order valence-electron chi connectivity index (χ3n) is 4.25. The van der Waals surface area contributed by atoms with Crippen LogP contribution in [-0.2, 0) is 19.1 Å². The van der Waals surface area contributed by atoms with Crippen LogP contribution in [0.25, 0.3) is 0 Å². The van der Waals surface area contributed by atoms with Gasteiger partial charge in [-0.3, -0.25) is 19.3 Å². The topological polar surface area (TPSA) is 140 Å². The summed E-state index contributed by atoms with van der Waals surface area (Å²) >= 11 is 0. The molecule has 9 nitrogen and oxygen atoms in total. The van der Waals surface area contributed by atoms with Crippen LogP contribution in [0.5, 0.6) is 0 Å². The Hall–Kier alpha value is -2.76. The quantitative estimate of drug-likeness (QED) is 0.402. The van der Waals surface area contributed by atoms with Crippen molar-refractivity contribution in [2.24, 2.45) is 5.92 Å². The number of rotatable bonds is 6. The first-order chi connectivity index (χ1) is 11.3. The molecule has 2 fully saturated rings. The number of hydrogen-bond acceptors (Lipinski definition) is 7. The van der Waals surface area contributed by atoms with Crippen LogP contribution in [0.15, 0.2) is 0 Å². The largest absolute Gasteiger partial charge is 0.456 e. The average Bonchev–Trinajstić information content (AvgIpc) is 3.07. The van der Waals surface area contributed by atoms with E-state index in [-0.39, 0.29) is 5.71 Å².